The molecule has 2 aromatic rings. The Morgan fingerprint density at radius 2 is 0.803 bits per heavy atom. The van der Waals surface area contributed by atoms with Gasteiger partial charge in [0.25, 0.3) is 0 Å². The quantitative estimate of drug-likeness (QED) is 0.0211. The Morgan fingerprint density at radius 1 is 0.426 bits per heavy atom. The molecule has 0 radical (unpaired) electrons. The summed E-state index contributed by atoms with van der Waals surface area (Å²) in [5.41, 5.74) is 6.66. The van der Waals surface area contributed by atoms with Gasteiger partial charge in [-0.05, 0) is 113 Å². The van der Waals surface area contributed by atoms with Crippen molar-refractivity contribution >= 4 is 22.8 Å². The third kappa shape index (κ3) is 30.9. The number of nitrogens with zero attached hydrogens (tertiary/aromatic N) is 2. The van der Waals surface area contributed by atoms with Gasteiger partial charge in [0.05, 0.1) is 17.1 Å². The van der Waals surface area contributed by atoms with Crippen LogP contribution in [0, 0.1) is 11.8 Å². The molecule has 3 heteroatoms. The zero-order chi connectivity index (χ0) is 42.8. The van der Waals surface area contributed by atoms with Crippen LogP contribution in [-0.2, 0) is 29.3 Å². The van der Waals surface area contributed by atoms with Crippen molar-refractivity contribution in [1.82, 2.24) is 0 Å². The molecule has 2 nitrogen and oxygen atoms in total. The monoisotopic (exact) mass is 875 g/mol. The number of aliphatic imine (C=N–C) groups is 2. The number of aryl methyl sites for hydroxylation is 2. The second-order valence-corrected chi connectivity index (χ2v) is 17.5. The van der Waals surface area contributed by atoms with Crippen LogP contribution in [0.15, 0.2) is 82.8 Å². The van der Waals surface area contributed by atoms with Crippen molar-refractivity contribution in [3.05, 3.63) is 84.0 Å². The van der Waals surface area contributed by atoms with Gasteiger partial charge in [0.2, 0.25) is 0 Å². The van der Waals surface area contributed by atoms with E-state index in [4.69, 9.17) is 9.98 Å². The van der Waals surface area contributed by atoms with Crippen LogP contribution >= 0.6 is 0 Å². The Hall–Kier alpha value is -2.69. The Morgan fingerprint density at radius 3 is 1.25 bits per heavy atom. The fourth-order valence-corrected chi connectivity index (χ4v) is 7.87. The number of hydrogen-bond acceptors (Lipinski definition) is 2. The Labute approximate surface area is 389 Å². The molecule has 0 unspecified atom stereocenters. The van der Waals surface area contributed by atoms with Gasteiger partial charge in [0, 0.05) is 22.9 Å². The van der Waals surface area contributed by atoms with E-state index in [-0.39, 0.29) is 16.5 Å². The van der Waals surface area contributed by atoms with E-state index in [9.17, 15) is 0 Å². The van der Waals surface area contributed by atoms with Crippen LogP contribution in [0.3, 0.4) is 0 Å². The van der Waals surface area contributed by atoms with Gasteiger partial charge < -0.3 is 0 Å². The molecule has 0 heterocycles. The summed E-state index contributed by atoms with van der Waals surface area (Å²) < 4.78 is 0. The maximum Gasteiger partial charge on any atom is 0.135 e. The topological polar surface area (TPSA) is 24.7 Å². The minimum atomic E-state index is 0. The Kier molecular flexibility index (Phi) is 39.3. The van der Waals surface area contributed by atoms with Crippen molar-refractivity contribution in [1.29, 1.82) is 0 Å². The largest absolute Gasteiger partial charge is 0.250 e. The summed E-state index contributed by atoms with van der Waals surface area (Å²) in [5.74, 6) is 7.04. The smallest absolute Gasteiger partial charge is 0.135 e. The molecule has 0 fully saturated rings. The summed E-state index contributed by atoms with van der Waals surface area (Å²) >= 11 is 0. The average molecular weight is 876 g/mol. The summed E-state index contributed by atoms with van der Waals surface area (Å²) in [5, 5.41) is 0. The summed E-state index contributed by atoms with van der Waals surface area (Å²) in [6.07, 6.45) is 52.9. The zero-order valence-corrected chi connectivity index (χ0v) is 41.2. The van der Waals surface area contributed by atoms with Gasteiger partial charge in [-0.2, -0.15) is 0 Å². The Bertz CT molecular complexity index is 1490. The Balaban J connectivity index is 0.0000186. The molecule has 0 aliphatic carbocycles. The van der Waals surface area contributed by atoms with Crippen LogP contribution in [0.4, 0.5) is 11.4 Å². The molecular formula is C58H92N2Ni. The van der Waals surface area contributed by atoms with E-state index in [1.807, 2.05) is 0 Å². The van der Waals surface area contributed by atoms with E-state index in [2.05, 4.69) is 112 Å². The molecule has 0 amide bonds. The third-order valence-electron chi connectivity index (χ3n) is 11.8. The van der Waals surface area contributed by atoms with E-state index < -0.39 is 0 Å². The van der Waals surface area contributed by atoms with Crippen LogP contribution in [-0.4, -0.2) is 11.4 Å². The minimum Gasteiger partial charge on any atom is -0.250 e. The first kappa shape index (κ1) is 56.3. The fourth-order valence-electron chi connectivity index (χ4n) is 7.87. The molecule has 0 spiro atoms. The van der Waals surface area contributed by atoms with E-state index in [0.717, 1.165) is 99.8 Å². The van der Waals surface area contributed by atoms with Crippen molar-refractivity contribution in [2.75, 3.05) is 0 Å². The third-order valence-corrected chi connectivity index (χ3v) is 11.8. The minimum absolute atomic E-state index is 0. The van der Waals surface area contributed by atoms with Crippen LogP contribution in [0.2, 0.25) is 0 Å². The SMILES string of the molecule is CCCCC#CC(=N/c1ccccc1CCC/C=C/CCCCCCCCCCCC)/C(CCCC)=N/c1ccccc1CCC/C=C/CCCCCCCCCCCC.[Ni]. The zero-order valence-electron chi connectivity index (χ0n) is 40.2. The number of unbranched alkanes of at least 4 members (excludes halogenated alkanes) is 25. The molecule has 344 valence electrons. The van der Waals surface area contributed by atoms with Crippen molar-refractivity contribution in [2.24, 2.45) is 9.98 Å². The molecule has 0 saturated carbocycles. The summed E-state index contributed by atoms with van der Waals surface area (Å²) in [6.45, 7) is 9.10. The van der Waals surface area contributed by atoms with Crippen molar-refractivity contribution < 1.29 is 16.5 Å². The molecule has 0 aliphatic heterocycles. The van der Waals surface area contributed by atoms with Crippen molar-refractivity contribution in [2.45, 2.75) is 246 Å². The molecule has 0 aliphatic rings. The van der Waals surface area contributed by atoms with Crippen molar-refractivity contribution in [3.8, 4) is 11.8 Å². The predicted molar refractivity (Wildman–Crippen MR) is 271 cm³/mol. The average Bonchev–Trinajstić information content (AvgIpc) is 3.27. The van der Waals surface area contributed by atoms with Crippen LogP contribution in [0.5, 0.6) is 0 Å². The van der Waals surface area contributed by atoms with Gasteiger partial charge in [-0.25, -0.2) is 4.99 Å². The number of rotatable bonds is 38. The predicted octanol–water partition coefficient (Wildman–Crippen LogP) is 19.3. The second-order valence-electron chi connectivity index (χ2n) is 17.5. The molecule has 2 aromatic carbocycles. The normalized spacial score (nSPS) is 12.0. The van der Waals surface area contributed by atoms with E-state index >= 15 is 0 Å². The fraction of sp³-hybridized carbons (Fsp3) is 0.655. The maximum atomic E-state index is 5.41. The van der Waals surface area contributed by atoms with Gasteiger partial charge >= 0.3 is 0 Å². The number of hydrogen-bond donors (Lipinski definition) is 0. The van der Waals surface area contributed by atoms with Gasteiger partial charge in [-0.1, -0.05) is 223 Å². The van der Waals surface area contributed by atoms with Gasteiger partial charge in [-0.15, -0.1) is 0 Å². The van der Waals surface area contributed by atoms with Gasteiger partial charge in [0.15, 0.2) is 0 Å². The number of para-hydroxylation sites is 2. The summed E-state index contributed by atoms with van der Waals surface area (Å²) in [7, 11) is 0. The number of benzene rings is 2. The molecule has 61 heavy (non-hydrogen) atoms. The molecule has 0 saturated heterocycles. The first-order valence-corrected chi connectivity index (χ1v) is 25.8. The summed E-state index contributed by atoms with van der Waals surface area (Å²) in [6, 6.07) is 17.5. The van der Waals surface area contributed by atoms with Crippen LogP contribution in [0.25, 0.3) is 0 Å². The second kappa shape index (κ2) is 42.6. The van der Waals surface area contributed by atoms with Gasteiger partial charge in [0.1, 0.15) is 5.71 Å². The molecule has 0 N–H and O–H groups in total. The first-order valence-electron chi connectivity index (χ1n) is 25.8. The first-order chi connectivity index (χ1) is 29.7. The molecule has 2 rings (SSSR count). The van der Waals surface area contributed by atoms with Crippen molar-refractivity contribution in [3.63, 3.8) is 0 Å². The maximum absolute atomic E-state index is 5.41. The molecule has 0 bridgehead atoms. The standard InChI is InChI=1S/C58H92N2.Ni/c1-5-9-13-16-18-20-22-24-26-28-30-32-34-36-38-45-53-47-41-43-50-55(53)59-57(49-12-8-4)58(52-40-15-11-7-3)60-56-51-44-42-48-54(56)46-39-37-35-33-31-29-27-25-23-21-19-17-14-10-6-2;/h32-35,41-44,47-48,50-51H,5-31,36-39,45-46,49H2,1-4H3;/b34-32+,35-33+,59-57+,60-58-;. The van der Waals surface area contributed by atoms with Crippen LogP contribution < -0.4 is 0 Å². The molecule has 0 aromatic heterocycles. The summed E-state index contributed by atoms with van der Waals surface area (Å²) in [4.78, 5) is 10.8. The van der Waals surface area contributed by atoms with E-state index in [1.165, 1.54) is 152 Å². The van der Waals surface area contributed by atoms with E-state index in [0.29, 0.717) is 0 Å². The molecular weight excluding hydrogens is 783 g/mol. The van der Waals surface area contributed by atoms with E-state index in [1.54, 1.807) is 0 Å². The molecule has 0 atom stereocenters. The number of allylic oxidation sites excluding steroid dienone is 4. The van der Waals surface area contributed by atoms with Crippen LogP contribution in [0.1, 0.15) is 244 Å². The van der Waals surface area contributed by atoms with Gasteiger partial charge in [-0.3, -0.25) is 4.99 Å².